The molecule has 2 aromatic heterocycles. The van der Waals surface area contributed by atoms with Crippen LogP contribution < -0.4 is 5.32 Å². The summed E-state index contributed by atoms with van der Waals surface area (Å²) in [6.07, 6.45) is 0. The van der Waals surface area contributed by atoms with E-state index in [1.165, 1.54) is 12.1 Å². The lowest BCUT2D eigenvalue weighted by Gasteiger charge is -2.08. The molecule has 0 atom stereocenters. The number of aryl methyl sites for hydroxylation is 2. The first-order chi connectivity index (χ1) is 16.4. The lowest BCUT2D eigenvalue weighted by Crippen LogP contribution is -2.11. The van der Waals surface area contributed by atoms with Crippen molar-refractivity contribution in [3.63, 3.8) is 0 Å². The van der Waals surface area contributed by atoms with Gasteiger partial charge in [0.2, 0.25) is 5.89 Å². The predicted octanol–water partition coefficient (Wildman–Crippen LogP) is 6.53. The Morgan fingerprint density at radius 1 is 0.971 bits per heavy atom. The number of oxazole rings is 1. The molecule has 0 bridgehead atoms. The third-order valence-electron chi connectivity index (χ3n) is 5.47. The summed E-state index contributed by atoms with van der Waals surface area (Å²) in [7, 11) is 0. The number of hydrogen-bond donors (Lipinski definition) is 1. The molecule has 0 spiro atoms. The molecule has 3 aromatic carbocycles. The summed E-state index contributed by atoms with van der Waals surface area (Å²) in [5.41, 5.74) is 4.86. The number of nitrogens with one attached hydrogen (secondary N) is 1. The maximum Gasteiger partial charge on any atom is 0.291 e. The largest absolute Gasteiger partial charge is 0.451 e. The Bertz CT molecular complexity index is 1560. The van der Waals surface area contributed by atoms with Crippen LogP contribution in [0.25, 0.3) is 33.9 Å². The van der Waals surface area contributed by atoms with Gasteiger partial charge in [0.05, 0.1) is 10.5 Å². The van der Waals surface area contributed by atoms with Gasteiger partial charge in [0.25, 0.3) is 11.6 Å². The van der Waals surface area contributed by atoms with Crippen LogP contribution in [0.2, 0.25) is 0 Å². The number of benzene rings is 3. The van der Waals surface area contributed by atoms with Crippen LogP contribution in [0.1, 0.15) is 21.7 Å². The van der Waals surface area contributed by atoms with Gasteiger partial charge in [-0.1, -0.05) is 24.3 Å². The van der Waals surface area contributed by atoms with E-state index in [1.807, 2.05) is 44.2 Å². The second kappa shape index (κ2) is 8.32. The van der Waals surface area contributed by atoms with Crippen LogP contribution in [0, 0.1) is 24.0 Å². The van der Waals surface area contributed by atoms with Crippen molar-refractivity contribution in [2.75, 3.05) is 5.32 Å². The van der Waals surface area contributed by atoms with Gasteiger partial charge < -0.3 is 14.2 Å². The first kappa shape index (κ1) is 21.1. The number of nitrogens with zero attached hydrogens (tertiary/aromatic N) is 2. The van der Waals surface area contributed by atoms with E-state index in [0.29, 0.717) is 22.7 Å². The Balaban J connectivity index is 1.42. The summed E-state index contributed by atoms with van der Waals surface area (Å²) >= 11 is 0. The molecular weight excluding hydrogens is 434 g/mol. The summed E-state index contributed by atoms with van der Waals surface area (Å²) in [5, 5.41) is 14.2. The highest BCUT2D eigenvalue weighted by Gasteiger charge is 2.20. The Morgan fingerprint density at radius 2 is 1.79 bits per heavy atom. The summed E-state index contributed by atoms with van der Waals surface area (Å²) in [6.45, 7) is 3.85. The molecule has 1 amide bonds. The van der Waals surface area contributed by atoms with E-state index in [-0.39, 0.29) is 17.2 Å². The van der Waals surface area contributed by atoms with Gasteiger partial charge in [0.15, 0.2) is 11.3 Å². The molecular formula is C26H19N3O5. The van der Waals surface area contributed by atoms with Gasteiger partial charge in [-0.15, -0.1) is 0 Å². The highest BCUT2D eigenvalue weighted by atomic mass is 16.6. The van der Waals surface area contributed by atoms with Crippen LogP contribution in [0.15, 0.2) is 81.6 Å². The number of anilines is 1. The molecule has 2 heterocycles. The van der Waals surface area contributed by atoms with E-state index in [9.17, 15) is 14.9 Å². The second-order valence-electron chi connectivity index (χ2n) is 7.91. The van der Waals surface area contributed by atoms with Crippen LogP contribution in [-0.2, 0) is 0 Å². The van der Waals surface area contributed by atoms with Crippen molar-refractivity contribution in [2.45, 2.75) is 13.8 Å². The molecule has 8 nitrogen and oxygen atoms in total. The van der Waals surface area contributed by atoms with Crippen molar-refractivity contribution in [3.05, 3.63) is 99.8 Å². The zero-order valence-electron chi connectivity index (χ0n) is 18.4. The fraction of sp³-hybridized carbons (Fsp3) is 0.0769. The molecule has 0 radical (unpaired) electrons. The maximum atomic E-state index is 12.9. The number of nitro groups is 1. The SMILES string of the molecule is Cc1ccc2nc(-c3ccc(C)c(NC(=O)c4ccc(-c5ccccc5[N+](=O)[O-])o4)c3)oc2c1. The average Bonchev–Trinajstić information content (AvgIpc) is 3.48. The van der Waals surface area contributed by atoms with Gasteiger partial charge in [0, 0.05) is 17.3 Å². The Labute approximate surface area is 194 Å². The fourth-order valence-corrected chi connectivity index (χ4v) is 3.67. The van der Waals surface area contributed by atoms with E-state index < -0.39 is 10.8 Å². The van der Waals surface area contributed by atoms with Gasteiger partial charge >= 0.3 is 0 Å². The molecule has 5 rings (SSSR count). The summed E-state index contributed by atoms with van der Waals surface area (Å²) in [5.74, 6) is 0.256. The van der Waals surface area contributed by atoms with Crippen molar-refractivity contribution < 1.29 is 18.6 Å². The van der Waals surface area contributed by atoms with E-state index in [1.54, 1.807) is 30.3 Å². The van der Waals surface area contributed by atoms with Crippen molar-refractivity contribution in [1.29, 1.82) is 0 Å². The predicted molar refractivity (Wildman–Crippen MR) is 128 cm³/mol. The van der Waals surface area contributed by atoms with Crippen LogP contribution >= 0.6 is 0 Å². The number of furan rings is 1. The molecule has 8 heteroatoms. The van der Waals surface area contributed by atoms with Gasteiger partial charge in [-0.3, -0.25) is 14.9 Å². The quantitative estimate of drug-likeness (QED) is 0.239. The number of fused-ring (bicyclic) bond motifs is 1. The maximum absolute atomic E-state index is 12.9. The normalized spacial score (nSPS) is 11.0. The van der Waals surface area contributed by atoms with Gasteiger partial charge in [-0.25, -0.2) is 4.98 Å². The fourth-order valence-electron chi connectivity index (χ4n) is 3.67. The first-order valence-corrected chi connectivity index (χ1v) is 10.5. The van der Waals surface area contributed by atoms with E-state index in [0.717, 1.165) is 22.2 Å². The zero-order chi connectivity index (χ0) is 23.8. The lowest BCUT2D eigenvalue weighted by molar-refractivity contribution is -0.384. The number of carbonyl (C=O) groups is 1. The summed E-state index contributed by atoms with van der Waals surface area (Å²) in [6, 6.07) is 20.6. The molecule has 0 aliphatic carbocycles. The van der Waals surface area contributed by atoms with Gasteiger partial charge in [-0.2, -0.15) is 0 Å². The Kier molecular flexibility index (Phi) is 5.18. The Morgan fingerprint density at radius 3 is 2.62 bits per heavy atom. The minimum Gasteiger partial charge on any atom is -0.451 e. The third kappa shape index (κ3) is 3.93. The van der Waals surface area contributed by atoms with Crippen LogP contribution in [0.4, 0.5) is 11.4 Å². The number of carbonyl (C=O) groups excluding carboxylic acids is 1. The minimum atomic E-state index is -0.486. The minimum absolute atomic E-state index is 0.0373. The van der Waals surface area contributed by atoms with E-state index >= 15 is 0 Å². The van der Waals surface area contributed by atoms with E-state index in [2.05, 4.69) is 10.3 Å². The Hall–Kier alpha value is -4.72. The van der Waals surface area contributed by atoms with Crippen LogP contribution in [0.5, 0.6) is 0 Å². The van der Waals surface area contributed by atoms with Crippen molar-refractivity contribution in [2.24, 2.45) is 0 Å². The van der Waals surface area contributed by atoms with Crippen LogP contribution in [-0.4, -0.2) is 15.8 Å². The number of aromatic nitrogens is 1. The molecule has 0 aliphatic heterocycles. The molecule has 0 fully saturated rings. The molecule has 5 aromatic rings. The standard InChI is InChI=1S/C26H19N3O5/c1-15-7-10-19-24(13-15)34-26(28-19)17-9-8-16(2)20(14-17)27-25(30)23-12-11-22(33-23)18-5-3-4-6-21(18)29(31)32/h3-14H,1-2H3,(H,27,30). The number of rotatable bonds is 5. The second-order valence-corrected chi connectivity index (χ2v) is 7.91. The molecule has 1 N–H and O–H groups in total. The first-order valence-electron chi connectivity index (χ1n) is 10.5. The average molecular weight is 453 g/mol. The van der Waals surface area contributed by atoms with E-state index in [4.69, 9.17) is 8.83 Å². The highest BCUT2D eigenvalue weighted by Crippen LogP contribution is 2.32. The topological polar surface area (TPSA) is 111 Å². The van der Waals surface area contributed by atoms with Crippen LogP contribution in [0.3, 0.4) is 0 Å². The van der Waals surface area contributed by atoms with Crippen molar-refractivity contribution in [1.82, 2.24) is 4.98 Å². The van der Waals surface area contributed by atoms with Crippen molar-refractivity contribution in [3.8, 4) is 22.8 Å². The van der Waals surface area contributed by atoms with Crippen molar-refractivity contribution >= 4 is 28.4 Å². The summed E-state index contributed by atoms with van der Waals surface area (Å²) < 4.78 is 11.6. The number of hydrogen-bond acceptors (Lipinski definition) is 6. The number of amides is 1. The van der Waals surface area contributed by atoms with Gasteiger partial charge in [0.1, 0.15) is 11.3 Å². The summed E-state index contributed by atoms with van der Waals surface area (Å²) in [4.78, 5) is 28.2. The monoisotopic (exact) mass is 453 g/mol. The molecule has 168 valence electrons. The zero-order valence-corrected chi connectivity index (χ0v) is 18.4. The van der Waals surface area contributed by atoms with Gasteiger partial charge in [-0.05, 0) is 67.4 Å². The number of para-hydroxylation sites is 1. The number of nitro benzene ring substituents is 1. The molecule has 0 unspecified atom stereocenters. The molecule has 0 saturated heterocycles. The third-order valence-corrected chi connectivity index (χ3v) is 5.47. The smallest absolute Gasteiger partial charge is 0.291 e. The molecule has 0 aliphatic rings. The lowest BCUT2D eigenvalue weighted by atomic mass is 10.1. The molecule has 0 saturated carbocycles. The molecule has 34 heavy (non-hydrogen) atoms. The highest BCUT2D eigenvalue weighted by molar-refractivity contribution is 6.03.